The number of Topliss-reactive ketones (excluding diaryl/α,β-unsaturated/α-hetero) is 1. The van der Waals surface area contributed by atoms with Crippen molar-refractivity contribution in [3.8, 4) is 0 Å². The second-order valence-corrected chi connectivity index (χ2v) is 5.64. The maximum absolute atomic E-state index is 12.0. The molecule has 4 heteroatoms. The maximum atomic E-state index is 12.0. The van der Waals surface area contributed by atoms with E-state index < -0.39 is 0 Å². The number of furan rings is 1. The summed E-state index contributed by atoms with van der Waals surface area (Å²) >= 11 is 0. The molecule has 0 amide bonds. The van der Waals surface area contributed by atoms with Crippen LogP contribution in [0.1, 0.15) is 45.2 Å². The minimum atomic E-state index is -0.0821. The molecule has 1 unspecified atom stereocenters. The van der Waals surface area contributed by atoms with Gasteiger partial charge in [-0.3, -0.25) is 9.59 Å². The van der Waals surface area contributed by atoms with Gasteiger partial charge < -0.3 is 9.21 Å². The van der Waals surface area contributed by atoms with Gasteiger partial charge >= 0.3 is 0 Å². The van der Waals surface area contributed by atoms with E-state index >= 15 is 0 Å². The smallest absolute Gasteiger partial charge is 0.198 e. The van der Waals surface area contributed by atoms with E-state index in [-0.39, 0.29) is 18.1 Å². The Labute approximate surface area is 152 Å². The highest BCUT2D eigenvalue weighted by Gasteiger charge is 2.18. The zero-order chi connectivity index (χ0) is 18.6. The number of aldehydes is 2. The summed E-state index contributed by atoms with van der Waals surface area (Å²) < 4.78 is 5.07. The molecule has 132 valence electrons. The monoisotopic (exact) mass is 348 g/mol. The van der Waals surface area contributed by atoms with Crippen molar-refractivity contribution < 1.29 is 18.8 Å². The minimum Gasteiger partial charge on any atom is -0.461 e. The lowest BCUT2D eigenvalue weighted by Gasteiger charge is -2.12. The third-order valence-corrected chi connectivity index (χ3v) is 3.82. The number of rotatable bonds is 7. The Balaban J connectivity index is 0.000000254. The van der Waals surface area contributed by atoms with Crippen LogP contribution in [-0.2, 0) is 4.79 Å². The van der Waals surface area contributed by atoms with Crippen LogP contribution in [0, 0.1) is 0 Å². The van der Waals surface area contributed by atoms with Gasteiger partial charge in [0.1, 0.15) is 12.6 Å². The molecule has 1 aromatic heterocycles. The van der Waals surface area contributed by atoms with Crippen molar-refractivity contribution in [1.29, 1.82) is 0 Å². The second-order valence-electron chi connectivity index (χ2n) is 5.64. The van der Waals surface area contributed by atoms with Gasteiger partial charge in [-0.1, -0.05) is 60.7 Å². The van der Waals surface area contributed by atoms with E-state index in [9.17, 15) is 14.4 Å². The number of hydrogen-bond acceptors (Lipinski definition) is 4. The van der Waals surface area contributed by atoms with Gasteiger partial charge in [-0.2, -0.15) is 0 Å². The summed E-state index contributed by atoms with van der Waals surface area (Å²) in [4.78, 5) is 32.7. The van der Waals surface area contributed by atoms with Crippen molar-refractivity contribution in [1.82, 2.24) is 0 Å². The highest BCUT2D eigenvalue weighted by Crippen LogP contribution is 2.24. The second kappa shape index (κ2) is 10.6. The third-order valence-electron chi connectivity index (χ3n) is 3.82. The van der Waals surface area contributed by atoms with E-state index in [0.717, 1.165) is 23.7 Å². The number of carbonyl (C=O) groups is 3. The fourth-order valence-corrected chi connectivity index (χ4v) is 2.47. The molecule has 0 N–H and O–H groups in total. The molecule has 0 saturated carbocycles. The van der Waals surface area contributed by atoms with E-state index in [1.807, 2.05) is 48.5 Å². The van der Waals surface area contributed by atoms with Crippen LogP contribution in [-0.4, -0.2) is 18.4 Å². The Morgan fingerprint density at radius 1 is 0.885 bits per heavy atom. The SMILES string of the molecule is O=CCC(CC(=O)c1ccco1)c1ccccc1.O=Cc1ccccc1. The summed E-state index contributed by atoms with van der Waals surface area (Å²) in [7, 11) is 0. The van der Waals surface area contributed by atoms with Gasteiger partial charge in [0.05, 0.1) is 6.26 Å². The van der Waals surface area contributed by atoms with Gasteiger partial charge in [0, 0.05) is 18.4 Å². The maximum Gasteiger partial charge on any atom is 0.198 e. The minimum absolute atomic E-state index is 0.0734. The average molecular weight is 348 g/mol. The number of benzene rings is 2. The highest BCUT2D eigenvalue weighted by molar-refractivity contribution is 5.94. The van der Waals surface area contributed by atoms with Gasteiger partial charge in [-0.25, -0.2) is 0 Å². The number of carbonyl (C=O) groups excluding carboxylic acids is 3. The zero-order valence-electron chi connectivity index (χ0n) is 14.3. The van der Waals surface area contributed by atoms with E-state index in [2.05, 4.69) is 0 Å². The average Bonchev–Trinajstić information content (AvgIpc) is 3.24. The highest BCUT2D eigenvalue weighted by atomic mass is 16.3. The van der Waals surface area contributed by atoms with Crippen LogP contribution in [0.2, 0.25) is 0 Å². The lowest BCUT2D eigenvalue weighted by Crippen LogP contribution is -2.07. The first kappa shape index (κ1) is 19.1. The summed E-state index contributed by atoms with van der Waals surface area (Å²) in [6.07, 6.45) is 3.80. The van der Waals surface area contributed by atoms with Crippen LogP contribution in [0.25, 0.3) is 0 Å². The molecule has 0 fully saturated rings. The predicted molar refractivity (Wildman–Crippen MR) is 99.3 cm³/mol. The lowest BCUT2D eigenvalue weighted by molar-refractivity contribution is -0.108. The zero-order valence-corrected chi connectivity index (χ0v) is 14.3. The van der Waals surface area contributed by atoms with Crippen LogP contribution in [0.5, 0.6) is 0 Å². The standard InChI is InChI=1S/C15H14O3.C7H6O/c16-9-8-13(12-5-2-1-3-6-12)11-14(17)15-7-4-10-18-15;8-6-7-4-2-1-3-5-7/h1-7,9-10,13H,8,11H2;1-6H. The first-order valence-corrected chi connectivity index (χ1v) is 8.30. The van der Waals surface area contributed by atoms with Crippen molar-refractivity contribution in [3.05, 3.63) is 95.9 Å². The Bertz CT molecular complexity index is 793. The topological polar surface area (TPSA) is 64.3 Å². The van der Waals surface area contributed by atoms with Crippen molar-refractivity contribution in [2.45, 2.75) is 18.8 Å². The summed E-state index contributed by atoms with van der Waals surface area (Å²) in [5, 5.41) is 0. The molecular formula is C22H20O4. The molecule has 0 spiro atoms. The molecule has 26 heavy (non-hydrogen) atoms. The molecule has 1 atom stereocenters. The normalized spacial score (nSPS) is 10.9. The quantitative estimate of drug-likeness (QED) is 0.457. The van der Waals surface area contributed by atoms with Crippen LogP contribution in [0.15, 0.2) is 83.5 Å². The third kappa shape index (κ3) is 5.98. The molecule has 0 aliphatic carbocycles. The molecular weight excluding hydrogens is 328 g/mol. The first-order valence-electron chi connectivity index (χ1n) is 8.30. The molecule has 0 radical (unpaired) electrons. The molecule has 0 aliphatic heterocycles. The van der Waals surface area contributed by atoms with Crippen LogP contribution in [0.3, 0.4) is 0 Å². The van der Waals surface area contributed by atoms with Crippen LogP contribution >= 0.6 is 0 Å². The van der Waals surface area contributed by atoms with Gasteiger partial charge in [0.2, 0.25) is 0 Å². The summed E-state index contributed by atoms with van der Waals surface area (Å²) in [5.41, 5.74) is 1.73. The molecule has 0 saturated heterocycles. The molecule has 1 heterocycles. The largest absolute Gasteiger partial charge is 0.461 e. The van der Waals surface area contributed by atoms with E-state index in [0.29, 0.717) is 12.2 Å². The molecule has 2 aromatic carbocycles. The summed E-state index contributed by atoms with van der Waals surface area (Å²) in [6, 6.07) is 22.0. The van der Waals surface area contributed by atoms with Crippen LogP contribution in [0.4, 0.5) is 0 Å². The Kier molecular flexibility index (Phi) is 7.74. The molecule has 3 aromatic rings. The van der Waals surface area contributed by atoms with Crippen LogP contribution < -0.4 is 0 Å². The molecule has 4 nitrogen and oxygen atoms in total. The van der Waals surface area contributed by atoms with Crippen molar-refractivity contribution >= 4 is 18.4 Å². The Hall–Kier alpha value is -3.27. The fraction of sp³-hybridized carbons (Fsp3) is 0.136. The van der Waals surface area contributed by atoms with Crippen molar-refractivity contribution in [2.24, 2.45) is 0 Å². The first-order chi connectivity index (χ1) is 12.7. The number of ketones is 1. The van der Waals surface area contributed by atoms with E-state index in [1.54, 1.807) is 24.3 Å². The molecule has 0 bridgehead atoms. The molecule has 3 rings (SSSR count). The van der Waals surface area contributed by atoms with Gasteiger partial charge in [-0.05, 0) is 23.6 Å². The predicted octanol–water partition coefficient (Wildman–Crippen LogP) is 4.72. The van der Waals surface area contributed by atoms with Gasteiger partial charge in [0.25, 0.3) is 0 Å². The molecule has 0 aliphatic rings. The fourth-order valence-electron chi connectivity index (χ4n) is 2.47. The lowest BCUT2D eigenvalue weighted by atomic mass is 9.91. The summed E-state index contributed by atoms with van der Waals surface area (Å²) in [5.74, 6) is 0.193. The number of hydrogen-bond donors (Lipinski definition) is 0. The van der Waals surface area contributed by atoms with Crippen molar-refractivity contribution in [2.75, 3.05) is 0 Å². The van der Waals surface area contributed by atoms with E-state index in [1.165, 1.54) is 6.26 Å². The Morgan fingerprint density at radius 2 is 1.54 bits per heavy atom. The summed E-state index contributed by atoms with van der Waals surface area (Å²) in [6.45, 7) is 0. The van der Waals surface area contributed by atoms with Gasteiger partial charge in [-0.15, -0.1) is 0 Å². The van der Waals surface area contributed by atoms with E-state index in [4.69, 9.17) is 4.42 Å². The Morgan fingerprint density at radius 3 is 2.04 bits per heavy atom. The van der Waals surface area contributed by atoms with Gasteiger partial charge in [0.15, 0.2) is 11.5 Å². The van der Waals surface area contributed by atoms with Crippen molar-refractivity contribution in [3.63, 3.8) is 0 Å².